The summed E-state index contributed by atoms with van der Waals surface area (Å²) in [6.07, 6.45) is 3.08. The number of aromatic nitrogens is 2. The van der Waals surface area contributed by atoms with Crippen LogP contribution in [0.2, 0.25) is 0 Å². The van der Waals surface area contributed by atoms with Crippen LogP contribution < -0.4 is 0 Å². The number of benzene rings is 1. The van der Waals surface area contributed by atoms with E-state index in [1.807, 2.05) is 24.3 Å². The van der Waals surface area contributed by atoms with Crippen LogP contribution in [0.1, 0.15) is 26.2 Å². The maximum absolute atomic E-state index is 11.6. The summed E-state index contributed by atoms with van der Waals surface area (Å²) in [5.74, 6) is 0.351. The summed E-state index contributed by atoms with van der Waals surface area (Å²) in [5, 5.41) is 8.26. The van der Waals surface area contributed by atoms with Crippen LogP contribution in [-0.4, -0.2) is 28.5 Å². The number of carbonyl (C=O) groups excluding carboxylic acids is 1. The molecule has 0 bridgehead atoms. The average molecular weight is 385 g/mol. The molecule has 22 heavy (non-hydrogen) atoms. The van der Waals surface area contributed by atoms with Gasteiger partial charge in [-0.3, -0.25) is 4.79 Å². The summed E-state index contributed by atoms with van der Waals surface area (Å²) in [6, 6.07) is 7.57. The predicted molar refractivity (Wildman–Crippen MR) is 88.6 cm³/mol. The van der Waals surface area contributed by atoms with Gasteiger partial charge in [0, 0.05) is 10.0 Å². The van der Waals surface area contributed by atoms with Crippen molar-refractivity contribution in [3.05, 3.63) is 28.7 Å². The molecule has 5 nitrogen and oxygen atoms in total. The molecule has 0 fully saturated rings. The lowest BCUT2D eigenvalue weighted by Crippen LogP contribution is -2.08. The first kappa shape index (κ1) is 17.0. The molecule has 118 valence electrons. The molecule has 0 aliphatic carbocycles. The second kappa shape index (κ2) is 8.95. The van der Waals surface area contributed by atoms with Crippen LogP contribution in [0.4, 0.5) is 0 Å². The molecule has 0 spiro atoms. The van der Waals surface area contributed by atoms with Crippen molar-refractivity contribution in [2.45, 2.75) is 31.4 Å². The number of carbonyl (C=O) groups is 1. The van der Waals surface area contributed by atoms with Crippen molar-refractivity contribution >= 4 is 33.7 Å². The van der Waals surface area contributed by atoms with E-state index in [-0.39, 0.29) is 11.7 Å². The van der Waals surface area contributed by atoms with Gasteiger partial charge in [-0.2, -0.15) is 0 Å². The number of rotatable bonds is 8. The molecule has 0 aliphatic heterocycles. The zero-order chi connectivity index (χ0) is 15.8. The van der Waals surface area contributed by atoms with Crippen molar-refractivity contribution in [1.82, 2.24) is 10.2 Å². The number of halogens is 1. The fourth-order valence-corrected chi connectivity index (χ4v) is 2.50. The van der Waals surface area contributed by atoms with E-state index in [0.29, 0.717) is 17.7 Å². The van der Waals surface area contributed by atoms with E-state index in [9.17, 15) is 4.79 Å². The molecule has 2 rings (SSSR count). The third-order valence-electron chi connectivity index (χ3n) is 2.82. The largest absolute Gasteiger partial charge is 0.465 e. The van der Waals surface area contributed by atoms with Crippen LogP contribution in [0, 0.1) is 0 Å². The molecule has 0 aliphatic rings. The van der Waals surface area contributed by atoms with Gasteiger partial charge < -0.3 is 9.15 Å². The maximum atomic E-state index is 11.6. The monoisotopic (exact) mass is 384 g/mol. The minimum absolute atomic E-state index is 0.175. The van der Waals surface area contributed by atoms with Gasteiger partial charge in [-0.25, -0.2) is 0 Å². The molecular weight excluding hydrogens is 368 g/mol. The SMILES string of the molecule is CCCCCOC(=O)CSc1nnc(-c2ccc(Br)cc2)o1. The van der Waals surface area contributed by atoms with Gasteiger partial charge in [-0.05, 0) is 30.7 Å². The smallest absolute Gasteiger partial charge is 0.316 e. The molecule has 0 saturated heterocycles. The molecule has 1 aromatic carbocycles. The van der Waals surface area contributed by atoms with Crippen molar-refractivity contribution in [1.29, 1.82) is 0 Å². The summed E-state index contributed by atoms with van der Waals surface area (Å²) in [4.78, 5) is 11.6. The van der Waals surface area contributed by atoms with Gasteiger partial charge in [0.2, 0.25) is 5.89 Å². The number of unbranched alkanes of at least 4 members (excludes halogenated alkanes) is 2. The number of hydrogen-bond donors (Lipinski definition) is 0. The highest BCUT2D eigenvalue weighted by Crippen LogP contribution is 2.24. The third-order valence-corrected chi connectivity index (χ3v) is 4.14. The second-order valence-electron chi connectivity index (χ2n) is 4.60. The number of hydrogen-bond acceptors (Lipinski definition) is 6. The van der Waals surface area contributed by atoms with E-state index < -0.39 is 0 Å². The molecule has 7 heteroatoms. The second-order valence-corrected chi connectivity index (χ2v) is 6.44. The van der Waals surface area contributed by atoms with Crippen molar-refractivity contribution in [2.24, 2.45) is 0 Å². The normalized spacial score (nSPS) is 10.6. The molecule has 2 aromatic rings. The Bertz CT molecular complexity index is 601. The summed E-state index contributed by atoms with van der Waals surface area (Å²) in [5.41, 5.74) is 0.838. The Morgan fingerprint density at radius 1 is 1.27 bits per heavy atom. The van der Waals surface area contributed by atoms with Crippen molar-refractivity contribution < 1.29 is 13.9 Å². The summed E-state index contributed by atoms with van der Waals surface area (Å²) < 4.78 is 11.6. The van der Waals surface area contributed by atoms with Crippen LogP contribution in [-0.2, 0) is 9.53 Å². The van der Waals surface area contributed by atoms with Gasteiger partial charge in [0.05, 0.1) is 6.61 Å². The van der Waals surface area contributed by atoms with Gasteiger partial charge in [-0.15, -0.1) is 10.2 Å². The van der Waals surface area contributed by atoms with Gasteiger partial charge in [0.25, 0.3) is 5.22 Å². The lowest BCUT2D eigenvalue weighted by Gasteiger charge is -2.02. The standard InChI is InChI=1S/C15H17BrN2O3S/c1-2-3-4-9-20-13(19)10-22-15-18-17-14(21-15)11-5-7-12(16)8-6-11/h5-8H,2-4,9-10H2,1H3. The summed E-state index contributed by atoms with van der Waals surface area (Å²) in [7, 11) is 0. The van der Waals surface area contributed by atoms with Crippen molar-refractivity contribution in [3.8, 4) is 11.5 Å². The van der Waals surface area contributed by atoms with Crippen LogP contribution in [0.15, 0.2) is 38.4 Å². The fourth-order valence-electron chi connectivity index (χ4n) is 1.68. The Morgan fingerprint density at radius 3 is 2.77 bits per heavy atom. The third kappa shape index (κ3) is 5.46. The molecule has 1 aromatic heterocycles. The predicted octanol–water partition coefficient (Wildman–Crippen LogP) is 4.32. The van der Waals surface area contributed by atoms with E-state index >= 15 is 0 Å². The number of ether oxygens (including phenoxy) is 1. The fraction of sp³-hybridized carbons (Fsp3) is 0.400. The minimum atomic E-state index is -0.260. The average Bonchev–Trinajstić information content (AvgIpc) is 2.99. The molecular formula is C15H17BrN2O3S. The quantitative estimate of drug-likeness (QED) is 0.383. The molecule has 0 atom stereocenters. The number of esters is 1. The highest BCUT2D eigenvalue weighted by atomic mass is 79.9. The lowest BCUT2D eigenvalue weighted by atomic mass is 10.2. The van der Waals surface area contributed by atoms with Crippen LogP contribution in [0.25, 0.3) is 11.5 Å². The molecule has 0 N–H and O–H groups in total. The molecule has 0 radical (unpaired) electrons. The maximum Gasteiger partial charge on any atom is 0.316 e. The highest BCUT2D eigenvalue weighted by Gasteiger charge is 2.11. The topological polar surface area (TPSA) is 65.2 Å². The molecule has 1 heterocycles. The first-order valence-electron chi connectivity index (χ1n) is 7.07. The van der Waals surface area contributed by atoms with Gasteiger partial charge >= 0.3 is 5.97 Å². The highest BCUT2D eigenvalue weighted by molar-refractivity contribution is 9.10. The number of nitrogens with zero attached hydrogens (tertiary/aromatic N) is 2. The van der Waals surface area contributed by atoms with E-state index in [1.165, 1.54) is 11.8 Å². The van der Waals surface area contributed by atoms with Crippen molar-refractivity contribution in [3.63, 3.8) is 0 Å². The van der Waals surface area contributed by atoms with Gasteiger partial charge in [0.1, 0.15) is 5.75 Å². The molecule has 0 unspecified atom stereocenters. The van der Waals surface area contributed by atoms with E-state index in [4.69, 9.17) is 9.15 Å². The first-order chi connectivity index (χ1) is 10.7. The summed E-state index contributed by atoms with van der Waals surface area (Å²) in [6.45, 7) is 2.58. The minimum Gasteiger partial charge on any atom is -0.465 e. The molecule has 0 amide bonds. The van der Waals surface area contributed by atoms with Crippen LogP contribution >= 0.6 is 27.7 Å². The van der Waals surface area contributed by atoms with Crippen molar-refractivity contribution in [2.75, 3.05) is 12.4 Å². The molecule has 0 saturated carbocycles. The van der Waals surface area contributed by atoms with Gasteiger partial charge in [0.15, 0.2) is 0 Å². The van der Waals surface area contributed by atoms with E-state index in [0.717, 1.165) is 29.3 Å². The summed E-state index contributed by atoms with van der Waals surface area (Å²) >= 11 is 4.56. The Balaban J connectivity index is 1.79. The number of thioether (sulfide) groups is 1. The van der Waals surface area contributed by atoms with Crippen LogP contribution in [0.3, 0.4) is 0 Å². The first-order valence-corrected chi connectivity index (χ1v) is 8.84. The van der Waals surface area contributed by atoms with E-state index in [2.05, 4.69) is 33.1 Å². The van der Waals surface area contributed by atoms with Gasteiger partial charge in [-0.1, -0.05) is 47.5 Å². The van der Waals surface area contributed by atoms with E-state index in [1.54, 1.807) is 0 Å². The Kier molecular flexibility index (Phi) is 6.92. The Hall–Kier alpha value is -1.34. The Morgan fingerprint density at radius 2 is 2.05 bits per heavy atom. The lowest BCUT2D eigenvalue weighted by molar-refractivity contribution is -0.140. The Labute approximate surface area is 142 Å². The zero-order valence-corrected chi connectivity index (χ0v) is 14.7. The van der Waals surface area contributed by atoms with Crippen LogP contribution in [0.5, 0.6) is 0 Å². The zero-order valence-electron chi connectivity index (χ0n) is 12.3.